The lowest BCUT2D eigenvalue weighted by atomic mass is 10.1. The Kier molecular flexibility index (Phi) is 6.60. The minimum absolute atomic E-state index is 0.00464. The van der Waals surface area contributed by atoms with Crippen molar-refractivity contribution >= 4 is 16.9 Å². The molecule has 2 aromatic carbocycles. The molecule has 33 heavy (non-hydrogen) atoms. The third kappa shape index (κ3) is 4.68. The van der Waals surface area contributed by atoms with Crippen LogP contribution in [0.15, 0.2) is 36.4 Å². The van der Waals surface area contributed by atoms with Crippen molar-refractivity contribution in [2.45, 2.75) is 65.7 Å². The molecule has 1 unspecified atom stereocenters. The number of hydrogen-bond donors (Lipinski definition) is 0. The lowest BCUT2D eigenvalue weighted by molar-refractivity contribution is -0.143. The first-order valence-electron chi connectivity index (χ1n) is 11.5. The van der Waals surface area contributed by atoms with E-state index >= 15 is 0 Å². The zero-order valence-corrected chi connectivity index (χ0v) is 19.7. The number of carbonyl (C=O) groups excluding carboxylic acids is 1. The molecule has 4 rings (SSSR count). The second-order valence-electron chi connectivity index (χ2n) is 8.73. The highest BCUT2D eigenvalue weighted by atomic mass is 16.5. The Morgan fingerprint density at radius 3 is 2.73 bits per heavy atom. The van der Waals surface area contributed by atoms with Gasteiger partial charge in [-0.05, 0) is 76.4 Å². The maximum absolute atomic E-state index is 12.1. The fourth-order valence-corrected chi connectivity index (χ4v) is 4.62. The molecule has 0 radical (unpaired) electrons. The van der Waals surface area contributed by atoms with Gasteiger partial charge in [0.1, 0.15) is 24.2 Å². The highest BCUT2D eigenvalue weighted by Gasteiger charge is 2.28. The topological polar surface area (TPSA) is 73.5 Å². The molecule has 0 amide bonds. The van der Waals surface area contributed by atoms with E-state index in [-0.39, 0.29) is 18.1 Å². The maximum Gasteiger partial charge on any atom is 0.307 e. The van der Waals surface area contributed by atoms with Crippen molar-refractivity contribution in [3.63, 3.8) is 0 Å². The predicted octanol–water partition coefficient (Wildman–Crippen LogP) is 5.63. The number of aryl methyl sites for hydroxylation is 2. The maximum atomic E-state index is 12.1. The molecule has 1 aliphatic rings. The smallest absolute Gasteiger partial charge is 0.307 e. The fraction of sp³-hybridized carbons (Fsp3) is 0.407. The molecule has 172 valence electrons. The van der Waals surface area contributed by atoms with E-state index in [4.69, 9.17) is 14.2 Å². The number of benzene rings is 2. The number of nitriles is 1. The molecule has 1 aliphatic heterocycles. The summed E-state index contributed by atoms with van der Waals surface area (Å²) >= 11 is 0. The molecule has 0 fully saturated rings. The quantitative estimate of drug-likeness (QED) is 0.419. The number of carbonyl (C=O) groups is 1. The van der Waals surface area contributed by atoms with Crippen molar-refractivity contribution < 1.29 is 19.0 Å². The predicted molar refractivity (Wildman–Crippen MR) is 127 cm³/mol. The third-order valence-corrected chi connectivity index (χ3v) is 6.01. The van der Waals surface area contributed by atoms with Crippen molar-refractivity contribution in [2.75, 3.05) is 6.61 Å². The molecule has 1 aromatic heterocycles. The van der Waals surface area contributed by atoms with Crippen molar-refractivity contribution in [3.8, 4) is 17.6 Å². The van der Waals surface area contributed by atoms with Gasteiger partial charge in [0.15, 0.2) is 0 Å². The second kappa shape index (κ2) is 9.58. The number of ether oxygens (including phenoxy) is 3. The summed E-state index contributed by atoms with van der Waals surface area (Å²) in [5, 5.41) is 10.6. The van der Waals surface area contributed by atoms with E-state index in [0.717, 1.165) is 40.6 Å². The average Bonchev–Trinajstić information content (AvgIpc) is 3.33. The first kappa shape index (κ1) is 22.7. The largest absolute Gasteiger partial charge is 0.490 e. The summed E-state index contributed by atoms with van der Waals surface area (Å²) in [6.07, 6.45) is 2.29. The first-order valence-corrected chi connectivity index (χ1v) is 11.5. The van der Waals surface area contributed by atoms with Gasteiger partial charge in [0.2, 0.25) is 0 Å². The standard InChI is InChI=1S/C27H30N2O4/c1-5-31-26(30)14-23-9-8-22-13-20-7-11-24(18(4)27(20)29(22)23)32-16-19-6-10-25(33-17(2)3)21(12-19)15-28/h6-7,10-13,17,23H,5,8-9,14,16H2,1-4H3. The molecular formula is C27H30N2O4. The number of rotatable bonds is 8. The van der Waals surface area contributed by atoms with Crippen LogP contribution in [0.4, 0.5) is 0 Å². The fourth-order valence-electron chi connectivity index (χ4n) is 4.62. The van der Waals surface area contributed by atoms with Crippen LogP contribution in [0.1, 0.15) is 62.0 Å². The van der Waals surface area contributed by atoms with Crippen LogP contribution in [0, 0.1) is 18.3 Å². The van der Waals surface area contributed by atoms with Gasteiger partial charge in [-0.2, -0.15) is 5.26 Å². The molecule has 0 bridgehead atoms. The van der Waals surface area contributed by atoms with E-state index in [2.05, 4.69) is 29.7 Å². The van der Waals surface area contributed by atoms with Crippen molar-refractivity contribution in [1.29, 1.82) is 5.26 Å². The SMILES string of the molecule is CCOC(=O)CC1CCc2cc3ccc(OCc4ccc(OC(C)C)c(C#N)c4)c(C)c3n21. The van der Waals surface area contributed by atoms with Crippen LogP contribution < -0.4 is 9.47 Å². The monoisotopic (exact) mass is 446 g/mol. The van der Waals surface area contributed by atoms with Crippen LogP contribution in [-0.4, -0.2) is 23.2 Å². The Balaban J connectivity index is 1.57. The summed E-state index contributed by atoms with van der Waals surface area (Å²) in [7, 11) is 0. The molecule has 0 spiro atoms. The van der Waals surface area contributed by atoms with Crippen LogP contribution in [0.3, 0.4) is 0 Å². The van der Waals surface area contributed by atoms with Crippen LogP contribution in [-0.2, 0) is 22.6 Å². The minimum Gasteiger partial charge on any atom is -0.490 e. The Morgan fingerprint density at radius 2 is 2.00 bits per heavy atom. The second-order valence-corrected chi connectivity index (χ2v) is 8.73. The highest BCUT2D eigenvalue weighted by Crippen LogP contribution is 2.39. The molecule has 2 heterocycles. The number of aromatic nitrogens is 1. The van der Waals surface area contributed by atoms with Gasteiger partial charge in [0.05, 0.1) is 30.2 Å². The van der Waals surface area contributed by atoms with Gasteiger partial charge >= 0.3 is 5.97 Å². The van der Waals surface area contributed by atoms with Crippen molar-refractivity contribution in [3.05, 3.63) is 58.8 Å². The minimum atomic E-state index is -0.152. The lowest BCUT2D eigenvalue weighted by Crippen LogP contribution is -2.13. The van der Waals surface area contributed by atoms with E-state index in [1.54, 1.807) is 0 Å². The van der Waals surface area contributed by atoms with E-state index in [0.29, 0.717) is 30.9 Å². The molecule has 0 aliphatic carbocycles. The molecule has 6 nitrogen and oxygen atoms in total. The van der Waals surface area contributed by atoms with Gasteiger partial charge in [-0.1, -0.05) is 6.07 Å². The molecule has 3 aromatic rings. The summed E-state index contributed by atoms with van der Waals surface area (Å²) in [5.41, 5.74) is 4.83. The first-order chi connectivity index (χ1) is 15.9. The van der Waals surface area contributed by atoms with Gasteiger partial charge in [-0.25, -0.2) is 0 Å². The zero-order chi connectivity index (χ0) is 23.5. The van der Waals surface area contributed by atoms with Gasteiger partial charge in [0, 0.05) is 22.7 Å². The van der Waals surface area contributed by atoms with E-state index < -0.39 is 0 Å². The third-order valence-electron chi connectivity index (χ3n) is 6.01. The Hall–Kier alpha value is -3.46. The molecule has 0 N–H and O–H groups in total. The lowest BCUT2D eigenvalue weighted by Gasteiger charge is -2.17. The van der Waals surface area contributed by atoms with Crippen LogP contribution >= 0.6 is 0 Å². The van der Waals surface area contributed by atoms with Crippen molar-refractivity contribution in [1.82, 2.24) is 4.57 Å². The Morgan fingerprint density at radius 1 is 1.21 bits per heavy atom. The van der Waals surface area contributed by atoms with E-state index in [1.807, 2.05) is 45.0 Å². The molecular weight excluding hydrogens is 416 g/mol. The van der Waals surface area contributed by atoms with Gasteiger partial charge in [0.25, 0.3) is 0 Å². The normalized spacial score (nSPS) is 14.8. The highest BCUT2D eigenvalue weighted by molar-refractivity contribution is 5.87. The molecule has 0 saturated carbocycles. The summed E-state index contributed by atoms with van der Waals surface area (Å²) in [4.78, 5) is 12.1. The summed E-state index contributed by atoms with van der Waals surface area (Å²) in [6.45, 7) is 8.52. The van der Waals surface area contributed by atoms with Gasteiger partial charge in [-0.15, -0.1) is 0 Å². The Bertz CT molecular complexity index is 1220. The molecule has 1 atom stereocenters. The average molecular weight is 447 g/mol. The van der Waals surface area contributed by atoms with Crippen LogP contribution in [0.5, 0.6) is 11.5 Å². The van der Waals surface area contributed by atoms with Crippen molar-refractivity contribution in [2.24, 2.45) is 0 Å². The molecule has 0 saturated heterocycles. The summed E-state index contributed by atoms with van der Waals surface area (Å²) < 4.78 is 19.4. The van der Waals surface area contributed by atoms with E-state index in [1.165, 1.54) is 5.69 Å². The summed E-state index contributed by atoms with van der Waals surface area (Å²) in [6, 6.07) is 14.2. The summed E-state index contributed by atoms with van der Waals surface area (Å²) in [5.74, 6) is 1.23. The van der Waals surface area contributed by atoms with Gasteiger partial charge < -0.3 is 18.8 Å². The van der Waals surface area contributed by atoms with Crippen LogP contribution in [0.2, 0.25) is 0 Å². The van der Waals surface area contributed by atoms with Gasteiger partial charge in [-0.3, -0.25) is 4.79 Å². The zero-order valence-electron chi connectivity index (χ0n) is 19.7. The molecule has 6 heteroatoms. The number of hydrogen-bond acceptors (Lipinski definition) is 5. The number of esters is 1. The number of nitrogens with zero attached hydrogens (tertiary/aromatic N) is 2. The van der Waals surface area contributed by atoms with E-state index in [9.17, 15) is 10.1 Å². The van der Waals surface area contributed by atoms with Crippen LogP contribution in [0.25, 0.3) is 10.9 Å². The number of fused-ring (bicyclic) bond motifs is 3. The Labute approximate surface area is 194 Å².